The number of rotatable bonds is 6. The third-order valence-electron chi connectivity index (χ3n) is 3.62. The first-order valence-electron chi connectivity index (χ1n) is 6.93. The van der Waals surface area contributed by atoms with E-state index in [-0.39, 0.29) is 10.8 Å². The Balaban J connectivity index is 2.19. The summed E-state index contributed by atoms with van der Waals surface area (Å²) in [4.78, 5) is 11.2. The summed E-state index contributed by atoms with van der Waals surface area (Å²) >= 11 is 0. The zero-order chi connectivity index (χ0) is 15.5. The molecule has 2 N–H and O–H groups in total. The normalized spacial score (nSPS) is 19.0. The second-order valence-electron chi connectivity index (χ2n) is 5.07. The number of nitrogens with two attached hydrogens (primary N) is 1. The van der Waals surface area contributed by atoms with Crippen molar-refractivity contribution in [2.45, 2.75) is 18.2 Å². The van der Waals surface area contributed by atoms with Crippen LogP contribution < -0.4 is 5.73 Å². The monoisotopic (exact) mass is 312 g/mol. The van der Waals surface area contributed by atoms with Crippen molar-refractivity contribution >= 4 is 15.9 Å². The maximum atomic E-state index is 12.6. The standard InChI is InChI=1S/C14H20N2O4S/c1-2-16(9-11-7-8-20-10-11)21(18,19)13-5-3-12(4-6-13)14(15)17/h3-6,11H,2,7-10H2,1H3,(H2,15,17). The van der Waals surface area contributed by atoms with Crippen LogP contribution in [0.1, 0.15) is 23.7 Å². The molecule has 1 aliphatic rings. The predicted molar refractivity (Wildman–Crippen MR) is 78.3 cm³/mol. The van der Waals surface area contributed by atoms with E-state index in [0.717, 1.165) is 6.42 Å². The van der Waals surface area contributed by atoms with Gasteiger partial charge in [-0.25, -0.2) is 8.42 Å². The number of benzene rings is 1. The molecule has 21 heavy (non-hydrogen) atoms. The number of amides is 1. The van der Waals surface area contributed by atoms with Gasteiger partial charge < -0.3 is 10.5 Å². The Bertz CT molecular complexity index is 592. The van der Waals surface area contributed by atoms with Crippen LogP contribution >= 0.6 is 0 Å². The minimum atomic E-state index is -3.56. The molecular formula is C14H20N2O4S. The Labute approximate surface area is 124 Å². The topological polar surface area (TPSA) is 89.7 Å². The van der Waals surface area contributed by atoms with Gasteiger partial charge in [0.25, 0.3) is 0 Å². The highest BCUT2D eigenvalue weighted by atomic mass is 32.2. The highest BCUT2D eigenvalue weighted by molar-refractivity contribution is 7.89. The molecule has 0 radical (unpaired) electrons. The van der Waals surface area contributed by atoms with Crippen LogP contribution in [0.4, 0.5) is 0 Å². The minimum absolute atomic E-state index is 0.174. The lowest BCUT2D eigenvalue weighted by Gasteiger charge is -2.23. The van der Waals surface area contributed by atoms with E-state index in [1.165, 1.54) is 28.6 Å². The van der Waals surface area contributed by atoms with E-state index in [9.17, 15) is 13.2 Å². The Morgan fingerprint density at radius 1 is 1.38 bits per heavy atom. The van der Waals surface area contributed by atoms with Gasteiger partial charge in [0.2, 0.25) is 15.9 Å². The van der Waals surface area contributed by atoms with Gasteiger partial charge in [0.05, 0.1) is 11.5 Å². The van der Waals surface area contributed by atoms with Crippen LogP contribution in [0.15, 0.2) is 29.2 Å². The van der Waals surface area contributed by atoms with E-state index in [2.05, 4.69) is 0 Å². The van der Waals surface area contributed by atoms with Crippen LogP contribution in [0.5, 0.6) is 0 Å². The molecule has 0 bridgehead atoms. The lowest BCUT2D eigenvalue weighted by Crippen LogP contribution is -2.35. The SMILES string of the molecule is CCN(CC1CCOC1)S(=O)(=O)c1ccc(C(N)=O)cc1. The molecule has 0 spiro atoms. The molecule has 1 heterocycles. The Hall–Kier alpha value is -1.44. The third kappa shape index (κ3) is 3.61. The number of carbonyl (C=O) groups excluding carboxylic acids is 1. The molecule has 6 nitrogen and oxygen atoms in total. The summed E-state index contributed by atoms with van der Waals surface area (Å²) in [6.07, 6.45) is 0.882. The highest BCUT2D eigenvalue weighted by Crippen LogP contribution is 2.21. The van der Waals surface area contributed by atoms with Crippen molar-refractivity contribution in [1.82, 2.24) is 4.31 Å². The first-order valence-corrected chi connectivity index (χ1v) is 8.37. The largest absolute Gasteiger partial charge is 0.381 e. The van der Waals surface area contributed by atoms with Gasteiger partial charge in [-0.2, -0.15) is 4.31 Å². The molecule has 1 aromatic rings. The molecule has 1 amide bonds. The van der Waals surface area contributed by atoms with Crippen LogP contribution in [0, 0.1) is 5.92 Å². The second kappa shape index (κ2) is 6.55. The van der Waals surface area contributed by atoms with Gasteiger partial charge in [-0.15, -0.1) is 0 Å². The zero-order valence-corrected chi connectivity index (χ0v) is 12.8. The molecule has 116 valence electrons. The van der Waals surface area contributed by atoms with Gasteiger partial charge >= 0.3 is 0 Å². The number of primary amides is 1. The summed E-state index contributed by atoms with van der Waals surface area (Å²) < 4.78 is 31.9. The number of hydrogen-bond donors (Lipinski definition) is 1. The van der Waals surface area contributed by atoms with E-state index in [4.69, 9.17) is 10.5 Å². The molecule has 1 unspecified atom stereocenters. The Morgan fingerprint density at radius 3 is 2.52 bits per heavy atom. The second-order valence-corrected chi connectivity index (χ2v) is 7.01. The third-order valence-corrected chi connectivity index (χ3v) is 5.57. The van der Waals surface area contributed by atoms with Crippen LogP contribution in [-0.4, -0.2) is 44.9 Å². The summed E-state index contributed by atoms with van der Waals surface area (Å²) in [6.45, 7) is 3.96. The number of sulfonamides is 1. The van der Waals surface area contributed by atoms with Crippen molar-refractivity contribution in [3.63, 3.8) is 0 Å². The van der Waals surface area contributed by atoms with E-state index in [1.807, 2.05) is 6.92 Å². The van der Waals surface area contributed by atoms with Crippen LogP contribution in [0.3, 0.4) is 0 Å². The van der Waals surface area contributed by atoms with Crippen molar-refractivity contribution in [2.75, 3.05) is 26.3 Å². The maximum Gasteiger partial charge on any atom is 0.248 e. The molecule has 1 atom stereocenters. The molecule has 1 aliphatic heterocycles. The Morgan fingerprint density at radius 2 is 2.05 bits per heavy atom. The lowest BCUT2D eigenvalue weighted by molar-refractivity contribution is 0.1000. The maximum absolute atomic E-state index is 12.6. The van der Waals surface area contributed by atoms with Crippen molar-refractivity contribution in [1.29, 1.82) is 0 Å². The Kier molecular flexibility index (Phi) is 4.97. The summed E-state index contributed by atoms with van der Waals surface area (Å²) in [6, 6.07) is 5.70. The van der Waals surface area contributed by atoms with Crippen LogP contribution in [0.2, 0.25) is 0 Å². The fraction of sp³-hybridized carbons (Fsp3) is 0.500. The zero-order valence-electron chi connectivity index (χ0n) is 12.0. The van der Waals surface area contributed by atoms with Gasteiger partial charge in [0.15, 0.2) is 0 Å². The van der Waals surface area contributed by atoms with Crippen molar-refractivity contribution in [2.24, 2.45) is 11.7 Å². The number of nitrogens with zero attached hydrogens (tertiary/aromatic N) is 1. The van der Waals surface area contributed by atoms with Crippen LogP contribution in [0.25, 0.3) is 0 Å². The predicted octanol–water partition coefficient (Wildman–Crippen LogP) is 0.833. The van der Waals surface area contributed by atoms with Gasteiger partial charge in [0, 0.05) is 25.3 Å². The fourth-order valence-electron chi connectivity index (χ4n) is 2.35. The average molecular weight is 312 g/mol. The molecule has 1 saturated heterocycles. The van der Waals surface area contributed by atoms with Crippen LogP contribution in [-0.2, 0) is 14.8 Å². The van der Waals surface area contributed by atoms with Crippen molar-refractivity contribution < 1.29 is 17.9 Å². The van der Waals surface area contributed by atoms with E-state index in [0.29, 0.717) is 31.9 Å². The fourth-order valence-corrected chi connectivity index (χ4v) is 3.88. The lowest BCUT2D eigenvalue weighted by atomic mass is 10.1. The van der Waals surface area contributed by atoms with E-state index >= 15 is 0 Å². The van der Waals surface area contributed by atoms with Gasteiger partial charge in [-0.05, 0) is 36.6 Å². The van der Waals surface area contributed by atoms with E-state index in [1.54, 1.807) is 0 Å². The first kappa shape index (κ1) is 15.9. The summed E-state index contributed by atoms with van der Waals surface area (Å²) in [5, 5.41) is 0. The number of ether oxygens (including phenoxy) is 1. The molecular weight excluding hydrogens is 292 g/mol. The number of hydrogen-bond acceptors (Lipinski definition) is 4. The highest BCUT2D eigenvalue weighted by Gasteiger charge is 2.27. The number of carbonyl (C=O) groups is 1. The molecule has 2 rings (SSSR count). The molecule has 0 aliphatic carbocycles. The first-order chi connectivity index (χ1) is 9.95. The smallest absolute Gasteiger partial charge is 0.248 e. The summed E-state index contributed by atoms with van der Waals surface area (Å²) in [7, 11) is -3.56. The van der Waals surface area contributed by atoms with Gasteiger partial charge in [0.1, 0.15) is 0 Å². The van der Waals surface area contributed by atoms with Crippen molar-refractivity contribution in [3.05, 3.63) is 29.8 Å². The average Bonchev–Trinajstić information content (AvgIpc) is 2.97. The molecule has 0 saturated carbocycles. The van der Waals surface area contributed by atoms with Crippen molar-refractivity contribution in [3.8, 4) is 0 Å². The quantitative estimate of drug-likeness (QED) is 0.842. The van der Waals surface area contributed by atoms with E-state index < -0.39 is 15.9 Å². The van der Waals surface area contributed by atoms with Gasteiger partial charge in [-0.1, -0.05) is 6.92 Å². The molecule has 7 heteroatoms. The summed E-state index contributed by atoms with van der Waals surface area (Å²) in [5.74, 6) is -0.334. The molecule has 1 aromatic carbocycles. The molecule has 1 fully saturated rings. The minimum Gasteiger partial charge on any atom is -0.381 e. The molecule has 0 aromatic heterocycles. The van der Waals surface area contributed by atoms with Gasteiger partial charge in [-0.3, -0.25) is 4.79 Å². The summed E-state index contributed by atoms with van der Waals surface area (Å²) in [5.41, 5.74) is 5.45.